The highest BCUT2D eigenvalue weighted by Gasteiger charge is 2.13. The average molecular weight is 324 g/mol. The Hall–Kier alpha value is -0.980. The van der Waals surface area contributed by atoms with Crippen LogP contribution in [0.1, 0.15) is 41.9 Å². The molecule has 0 aliphatic carbocycles. The van der Waals surface area contributed by atoms with Gasteiger partial charge in [-0.3, -0.25) is 0 Å². The number of aliphatic hydroxyl groups is 1. The standard InChI is InChI=1S/C15H20N2O2S2/c1-3-21-11(2)15-16-14(19-17-15)10-20-9-13-6-4-12(8-18)5-7-13/h4-7,11,18H,3,8-10H2,1-2H3. The van der Waals surface area contributed by atoms with E-state index in [4.69, 9.17) is 9.63 Å². The fraction of sp³-hybridized carbons (Fsp3) is 0.467. The van der Waals surface area contributed by atoms with E-state index in [1.54, 1.807) is 11.8 Å². The molecule has 1 heterocycles. The van der Waals surface area contributed by atoms with Crippen LogP contribution in [0.15, 0.2) is 28.8 Å². The molecule has 6 heteroatoms. The largest absolute Gasteiger partial charge is 0.392 e. The first kappa shape index (κ1) is 16.4. The molecule has 0 radical (unpaired) electrons. The lowest BCUT2D eigenvalue weighted by Gasteiger charge is -2.02. The second kappa shape index (κ2) is 8.46. The summed E-state index contributed by atoms with van der Waals surface area (Å²) in [6.07, 6.45) is 0. The van der Waals surface area contributed by atoms with Gasteiger partial charge in [-0.2, -0.15) is 16.7 Å². The number of aromatic nitrogens is 2. The van der Waals surface area contributed by atoms with Crippen molar-refractivity contribution in [2.45, 2.75) is 37.2 Å². The van der Waals surface area contributed by atoms with E-state index in [1.807, 2.05) is 36.0 Å². The number of thioether (sulfide) groups is 2. The second-order valence-corrected chi connectivity index (χ2v) is 7.21. The van der Waals surface area contributed by atoms with Gasteiger partial charge in [-0.05, 0) is 23.8 Å². The molecule has 0 aliphatic rings. The monoisotopic (exact) mass is 324 g/mol. The lowest BCUT2D eigenvalue weighted by molar-refractivity contribution is 0.282. The van der Waals surface area contributed by atoms with E-state index in [0.29, 0.717) is 5.89 Å². The molecule has 4 nitrogen and oxygen atoms in total. The van der Waals surface area contributed by atoms with Crippen LogP contribution in [0, 0.1) is 0 Å². The summed E-state index contributed by atoms with van der Waals surface area (Å²) >= 11 is 3.56. The van der Waals surface area contributed by atoms with Crippen molar-refractivity contribution in [2.24, 2.45) is 0 Å². The Balaban J connectivity index is 1.80. The first-order valence-electron chi connectivity index (χ1n) is 6.93. The minimum absolute atomic E-state index is 0.0894. The molecule has 1 aromatic carbocycles. The van der Waals surface area contributed by atoms with Gasteiger partial charge in [0.15, 0.2) is 5.82 Å². The van der Waals surface area contributed by atoms with Crippen LogP contribution in [0.5, 0.6) is 0 Å². The molecule has 2 rings (SSSR count). The molecule has 2 aromatic rings. The van der Waals surface area contributed by atoms with Crippen LogP contribution in [0.4, 0.5) is 0 Å². The van der Waals surface area contributed by atoms with Crippen molar-refractivity contribution >= 4 is 23.5 Å². The van der Waals surface area contributed by atoms with Crippen LogP contribution in [0.2, 0.25) is 0 Å². The van der Waals surface area contributed by atoms with Crippen LogP contribution in [0.3, 0.4) is 0 Å². The van der Waals surface area contributed by atoms with Gasteiger partial charge in [-0.25, -0.2) is 0 Å². The van der Waals surface area contributed by atoms with Crippen molar-refractivity contribution in [1.29, 1.82) is 0 Å². The van der Waals surface area contributed by atoms with Crippen molar-refractivity contribution in [3.63, 3.8) is 0 Å². The van der Waals surface area contributed by atoms with E-state index in [1.165, 1.54) is 5.56 Å². The highest BCUT2D eigenvalue weighted by Crippen LogP contribution is 2.26. The van der Waals surface area contributed by atoms with E-state index in [9.17, 15) is 0 Å². The van der Waals surface area contributed by atoms with Crippen molar-refractivity contribution in [1.82, 2.24) is 10.1 Å². The molecule has 1 atom stereocenters. The summed E-state index contributed by atoms with van der Waals surface area (Å²) in [5.74, 6) is 4.13. The Morgan fingerprint density at radius 1 is 1.19 bits per heavy atom. The Bertz CT molecular complexity index is 543. The van der Waals surface area contributed by atoms with Crippen molar-refractivity contribution in [2.75, 3.05) is 5.75 Å². The summed E-state index contributed by atoms with van der Waals surface area (Å²) in [6, 6.07) is 7.98. The summed E-state index contributed by atoms with van der Waals surface area (Å²) in [5, 5.41) is 13.3. The molecule has 1 unspecified atom stereocenters. The Kier molecular flexibility index (Phi) is 6.60. The number of benzene rings is 1. The quantitative estimate of drug-likeness (QED) is 0.797. The SMILES string of the molecule is CCSC(C)c1noc(CSCc2ccc(CO)cc2)n1. The summed E-state index contributed by atoms with van der Waals surface area (Å²) in [6.45, 7) is 4.31. The minimum Gasteiger partial charge on any atom is -0.392 e. The molecule has 114 valence electrons. The Morgan fingerprint density at radius 3 is 2.57 bits per heavy atom. The van der Waals surface area contributed by atoms with E-state index in [0.717, 1.165) is 28.6 Å². The second-order valence-electron chi connectivity index (χ2n) is 4.61. The molecule has 21 heavy (non-hydrogen) atoms. The van der Waals surface area contributed by atoms with Gasteiger partial charge in [0, 0.05) is 5.75 Å². The number of hydrogen-bond acceptors (Lipinski definition) is 6. The molecular weight excluding hydrogens is 304 g/mol. The van der Waals surface area contributed by atoms with Gasteiger partial charge in [-0.1, -0.05) is 36.3 Å². The van der Waals surface area contributed by atoms with E-state index >= 15 is 0 Å². The van der Waals surface area contributed by atoms with Gasteiger partial charge in [0.25, 0.3) is 0 Å². The maximum Gasteiger partial charge on any atom is 0.236 e. The molecule has 0 fully saturated rings. The fourth-order valence-electron chi connectivity index (χ4n) is 1.81. The molecule has 0 saturated carbocycles. The maximum atomic E-state index is 9.00. The summed E-state index contributed by atoms with van der Waals surface area (Å²) in [5.41, 5.74) is 2.17. The number of rotatable bonds is 8. The summed E-state index contributed by atoms with van der Waals surface area (Å²) < 4.78 is 5.28. The predicted octanol–water partition coefficient (Wildman–Crippen LogP) is 3.81. The third-order valence-electron chi connectivity index (χ3n) is 2.96. The molecular formula is C15H20N2O2S2. The summed E-state index contributed by atoms with van der Waals surface area (Å²) in [7, 11) is 0. The third-order valence-corrected chi connectivity index (χ3v) is 5.00. The number of hydrogen-bond donors (Lipinski definition) is 1. The average Bonchev–Trinajstić information content (AvgIpc) is 2.97. The van der Waals surface area contributed by atoms with Gasteiger partial charge in [0.05, 0.1) is 17.6 Å². The van der Waals surface area contributed by atoms with Gasteiger partial charge >= 0.3 is 0 Å². The lowest BCUT2D eigenvalue weighted by atomic mass is 10.2. The maximum absolute atomic E-state index is 9.00. The molecule has 0 spiro atoms. The molecule has 0 amide bonds. The first-order valence-corrected chi connectivity index (χ1v) is 9.13. The van der Waals surface area contributed by atoms with Crippen LogP contribution in [0.25, 0.3) is 0 Å². The number of nitrogens with zero attached hydrogens (tertiary/aromatic N) is 2. The molecule has 0 saturated heterocycles. The number of aliphatic hydroxyl groups excluding tert-OH is 1. The fourth-order valence-corrected chi connectivity index (χ4v) is 3.38. The zero-order chi connectivity index (χ0) is 15.1. The predicted molar refractivity (Wildman–Crippen MR) is 88.2 cm³/mol. The van der Waals surface area contributed by atoms with Crippen molar-refractivity contribution < 1.29 is 9.63 Å². The van der Waals surface area contributed by atoms with Crippen molar-refractivity contribution in [3.8, 4) is 0 Å². The van der Waals surface area contributed by atoms with Crippen LogP contribution in [-0.4, -0.2) is 21.0 Å². The highest BCUT2D eigenvalue weighted by molar-refractivity contribution is 7.99. The lowest BCUT2D eigenvalue weighted by Crippen LogP contribution is -1.92. The molecule has 1 N–H and O–H groups in total. The third kappa shape index (κ3) is 5.05. The van der Waals surface area contributed by atoms with E-state index in [-0.39, 0.29) is 11.9 Å². The van der Waals surface area contributed by atoms with Crippen molar-refractivity contribution in [3.05, 3.63) is 47.1 Å². The zero-order valence-corrected chi connectivity index (χ0v) is 13.9. The minimum atomic E-state index is 0.0894. The smallest absolute Gasteiger partial charge is 0.236 e. The molecule has 1 aromatic heterocycles. The van der Waals surface area contributed by atoms with E-state index < -0.39 is 0 Å². The van der Waals surface area contributed by atoms with Gasteiger partial charge in [0.2, 0.25) is 5.89 Å². The van der Waals surface area contributed by atoms with Gasteiger partial charge in [-0.15, -0.1) is 11.8 Å². The molecule has 0 bridgehead atoms. The van der Waals surface area contributed by atoms with Crippen LogP contribution < -0.4 is 0 Å². The molecule has 0 aliphatic heterocycles. The normalized spacial score (nSPS) is 12.5. The van der Waals surface area contributed by atoms with E-state index in [2.05, 4.69) is 24.0 Å². The van der Waals surface area contributed by atoms with Crippen LogP contribution in [-0.2, 0) is 18.1 Å². The van der Waals surface area contributed by atoms with Gasteiger partial charge < -0.3 is 9.63 Å². The Labute approximate surface area is 133 Å². The topological polar surface area (TPSA) is 59.2 Å². The zero-order valence-electron chi connectivity index (χ0n) is 12.3. The van der Waals surface area contributed by atoms with Gasteiger partial charge in [0.1, 0.15) is 0 Å². The summed E-state index contributed by atoms with van der Waals surface area (Å²) in [4.78, 5) is 4.43. The highest BCUT2D eigenvalue weighted by atomic mass is 32.2. The Morgan fingerprint density at radius 2 is 1.90 bits per heavy atom. The first-order chi connectivity index (χ1) is 10.2. The van der Waals surface area contributed by atoms with Crippen LogP contribution >= 0.6 is 23.5 Å².